The standard InChI is InChI=1S/C21H28N6O4/c1-4-5-17-21(30)23-14(3)19(28)22-11-16-12-27(26-25-16)8-9-31-18-10-15(20(29)24-17)7-6-13(18)2/h6-7,10,12,14,17H,4-5,8-9,11H2,1-3H3,(H,22,28)(H,23,30)(H,24,29)/t14-,17+/m1/s1. The Morgan fingerprint density at radius 1 is 1.19 bits per heavy atom. The number of nitrogens with zero attached hydrogens (tertiary/aromatic N) is 3. The van der Waals surface area contributed by atoms with E-state index in [9.17, 15) is 14.4 Å². The molecule has 1 aromatic carbocycles. The van der Waals surface area contributed by atoms with Gasteiger partial charge < -0.3 is 20.7 Å². The van der Waals surface area contributed by atoms with Crippen molar-refractivity contribution in [3.8, 4) is 5.75 Å². The summed E-state index contributed by atoms with van der Waals surface area (Å²) in [7, 11) is 0. The average molecular weight is 428 g/mol. The van der Waals surface area contributed by atoms with Gasteiger partial charge in [-0.1, -0.05) is 24.6 Å². The first-order valence-electron chi connectivity index (χ1n) is 10.4. The van der Waals surface area contributed by atoms with Crippen LogP contribution in [0.15, 0.2) is 24.4 Å². The number of carbonyl (C=O) groups excluding carboxylic acids is 3. The Morgan fingerprint density at radius 3 is 2.77 bits per heavy atom. The van der Waals surface area contributed by atoms with E-state index in [1.54, 1.807) is 36.0 Å². The van der Waals surface area contributed by atoms with Gasteiger partial charge in [0.1, 0.15) is 30.1 Å². The van der Waals surface area contributed by atoms with Crippen LogP contribution in [0.5, 0.6) is 5.75 Å². The highest BCUT2D eigenvalue weighted by atomic mass is 16.5. The van der Waals surface area contributed by atoms with E-state index in [0.717, 1.165) is 5.56 Å². The molecule has 1 aliphatic heterocycles. The van der Waals surface area contributed by atoms with Gasteiger partial charge in [-0.05, 0) is 38.0 Å². The largest absolute Gasteiger partial charge is 0.491 e. The second-order valence-corrected chi connectivity index (χ2v) is 7.56. The van der Waals surface area contributed by atoms with Gasteiger partial charge in [0.2, 0.25) is 11.8 Å². The molecule has 2 aromatic rings. The zero-order valence-electron chi connectivity index (χ0n) is 18.0. The van der Waals surface area contributed by atoms with E-state index in [1.165, 1.54) is 0 Å². The SMILES string of the molecule is CCC[C@@H]1NC(=O)c2ccc(C)c(c2)OCCn2cc(nn2)CNC(=O)[C@@H](C)NC1=O. The molecule has 0 radical (unpaired) electrons. The Labute approximate surface area is 180 Å². The van der Waals surface area contributed by atoms with Gasteiger partial charge in [-0.25, -0.2) is 4.68 Å². The summed E-state index contributed by atoms with van der Waals surface area (Å²) in [5.41, 5.74) is 1.89. The summed E-state index contributed by atoms with van der Waals surface area (Å²) >= 11 is 0. The minimum Gasteiger partial charge on any atom is -0.491 e. The summed E-state index contributed by atoms with van der Waals surface area (Å²) in [6.45, 7) is 6.40. The van der Waals surface area contributed by atoms with Crippen molar-refractivity contribution in [3.05, 3.63) is 41.2 Å². The molecule has 3 N–H and O–H groups in total. The molecule has 0 aliphatic carbocycles. The van der Waals surface area contributed by atoms with Gasteiger partial charge in [0, 0.05) is 5.56 Å². The van der Waals surface area contributed by atoms with Crippen molar-refractivity contribution in [2.24, 2.45) is 0 Å². The molecule has 0 saturated heterocycles. The molecule has 166 valence electrons. The van der Waals surface area contributed by atoms with Gasteiger partial charge in [-0.3, -0.25) is 14.4 Å². The lowest BCUT2D eigenvalue weighted by Crippen LogP contribution is -2.52. The number of nitrogens with one attached hydrogen (secondary N) is 3. The quantitative estimate of drug-likeness (QED) is 0.646. The predicted octanol–water partition coefficient (Wildman–Crippen LogP) is 0.699. The third kappa shape index (κ3) is 5.80. The zero-order chi connectivity index (χ0) is 22.4. The maximum atomic E-state index is 12.8. The number of aryl methyl sites for hydroxylation is 1. The molecule has 2 atom stereocenters. The van der Waals surface area contributed by atoms with Crippen LogP contribution in [0, 0.1) is 6.92 Å². The first kappa shape index (κ1) is 22.3. The van der Waals surface area contributed by atoms with Gasteiger partial charge in [-0.2, -0.15) is 0 Å². The Hall–Kier alpha value is -3.43. The van der Waals surface area contributed by atoms with Gasteiger partial charge >= 0.3 is 0 Å². The molecule has 10 heteroatoms. The fraction of sp³-hybridized carbons (Fsp3) is 0.476. The third-order valence-corrected chi connectivity index (χ3v) is 5.01. The van der Waals surface area contributed by atoms with Gasteiger partial charge in [0.25, 0.3) is 5.91 Å². The molecule has 0 fully saturated rings. The molecular formula is C21H28N6O4. The second kappa shape index (κ2) is 10.1. The smallest absolute Gasteiger partial charge is 0.252 e. The molecule has 0 spiro atoms. The van der Waals surface area contributed by atoms with Crippen molar-refractivity contribution in [2.75, 3.05) is 6.61 Å². The van der Waals surface area contributed by atoms with Crippen LogP contribution in [0.4, 0.5) is 0 Å². The van der Waals surface area contributed by atoms with E-state index >= 15 is 0 Å². The van der Waals surface area contributed by atoms with Crippen LogP contribution < -0.4 is 20.7 Å². The van der Waals surface area contributed by atoms with Crippen LogP contribution in [-0.2, 0) is 22.7 Å². The lowest BCUT2D eigenvalue weighted by atomic mass is 10.1. The molecule has 2 heterocycles. The Kier molecular flexibility index (Phi) is 7.22. The van der Waals surface area contributed by atoms with Gasteiger partial charge in [-0.15, -0.1) is 5.10 Å². The molecule has 3 amide bonds. The van der Waals surface area contributed by atoms with E-state index in [-0.39, 0.29) is 18.4 Å². The van der Waals surface area contributed by atoms with Crippen LogP contribution in [-0.4, -0.2) is 51.4 Å². The highest BCUT2D eigenvalue weighted by molar-refractivity contribution is 5.98. The fourth-order valence-electron chi connectivity index (χ4n) is 3.18. The normalized spacial score (nSPS) is 20.5. The van der Waals surface area contributed by atoms with E-state index in [0.29, 0.717) is 43.0 Å². The number of amides is 3. The topological polar surface area (TPSA) is 127 Å². The first-order valence-corrected chi connectivity index (χ1v) is 10.4. The molecule has 10 nitrogen and oxygen atoms in total. The van der Waals surface area contributed by atoms with Crippen molar-refractivity contribution < 1.29 is 19.1 Å². The van der Waals surface area contributed by atoms with Crippen LogP contribution in [0.1, 0.15) is 48.3 Å². The number of hydrogen-bond acceptors (Lipinski definition) is 6. The number of benzene rings is 1. The van der Waals surface area contributed by atoms with E-state index in [4.69, 9.17) is 4.74 Å². The number of carbonyl (C=O) groups is 3. The average Bonchev–Trinajstić information content (AvgIpc) is 3.19. The second-order valence-electron chi connectivity index (χ2n) is 7.56. The zero-order valence-corrected chi connectivity index (χ0v) is 18.0. The van der Waals surface area contributed by atoms with Crippen LogP contribution in [0.2, 0.25) is 0 Å². The highest BCUT2D eigenvalue weighted by Gasteiger charge is 2.24. The summed E-state index contributed by atoms with van der Waals surface area (Å²) in [6.07, 6.45) is 2.87. The van der Waals surface area contributed by atoms with Gasteiger partial charge in [0.15, 0.2) is 0 Å². The molecule has 4 bridgehead atoms. The lowest BCUT2D eigenvalue weighted by Gasteiger charge is -2.21. The maximum Gasteiger partial charge on any atom is 0.252 e. The monoisotopic (exact) mass is 428 g/mol. The summed E-state index contributed by atoms with van der Waals surface area (Å²) < 4.78 is 7.47. The molecular weight excluding hydrogens is 400 g/mol. The first-order chi connectivity index (χ1) is 14.9. The van der Waals surface area contributed by atoms with Crippen molar-refractivity contribution >= 4 is 17.7 Å². The molecule has 1 aromatic heterocycles. The Bertz CT molecular complexity index is 957. The summed E-state index contributed by atoms with van der Waals surface area (Å²) in [6, 6.07) is 3.64. The Morgan fingerprint density at radius 2 is 2.00 bits per heavy atom. The number of rotatable bonds is 2. The number of aromatic nitrogens is 3. The fourth-order valence-corrected chi connectivity index (χ4v) is 3.18. The maximum absolute atomic E-state index is 12.8. The summed E-state index contributed by atoms with van der Waals surface area (Å²) in [4.78, 5) is 37.9. The molecule has 0 unspecified atom stereocenters. The third-order valence-electron chi connectivity index (χ3n) is 5.01. The van der Waals surface area contributed by atoms with Crippen molar-refractivity contribution in [2.45, 2.75) is 58.8 Å². The number of ether oxygens (including phenoxy) is 1. The summed E-state index contributed by atoms with van der Waals surface area (Å²) in [5.74, 6) is -0.547. The van der Waals surface area contributed by atoms with E-state index in [2.05, 4.69) is 26.3 Å². The van der Waals surface area contributed by atoms with Crippen molar-refractivity contribution in [1.82, 2.24) is 30.9 Å². The van der Waals surface area contributed by atoms with Crippen molar-refractivity contribution in [1.29, 1.82) is 0 Å². The summed E-state index contributed by atoms with van der Waals surface area (Å²) in [5, 5.41) is 16.2. The molecule has 1 aliphatic rings. The van der Waals surface area contributed by atoms with Crippen LogP contribution in [0.3, 0.4) is 0 Å². The van der Waals surface area contributed by atoms with Crippen molar-refractivity contribution in [3.63, 3.8) is 0 Å². The minimum absolute atomic E-state index is 0.191. The molecule has 31 heavy (non-hydrogen) atoms. The minimum atomic E-state index is -0.767. The Balaban J connectivity index is 1.86. The number of fused-ring (bicyclic) bond motifs is 4. The number of hydrogen-bond donors (Lipinski definition) is 3. The van der Waals surface area contributed by atoms with Crippen LogP contribution in [0.25, 0.3) is 0 Å². The highest BCUT2D eigenvalue weighted by Crippen LogP contribution is 2.20. The lowest BCUT2D eigenvalue weighted by molar-refractivity contribution is -0.129. The molecule has 0 saturated carbocycles. The van der Waals surface area contributed by atoms with Crippen LogP contribution >= 0.6 is 0 Å². The van der Waals surface area contributed by atoms with Gasteiger partial charge in [0.05, 0.1) is 19.3 Å². The van der Waals surface area contributed by atoms with E-state index in [1.807, 2.05) is 13.8 Å². The van der Waals surface area contributed by atoms with E-state index < -0.39 is 18.0 Å². The predicted molar refractivity (Wildman–Crippen MR) is 112 cm³/mol. The molecule has 3 rings (SSSR count).